The molecule has 1 aliphatic rings. The fourth-order valence-corrected chi connectivity index (χ4v) is 2.39. The van der Waals surface area contributed by atoms with Crippen LogP contribution in [0.25, 0.3) is 0 Å². The molecule has 0 aromatic carbocycles. The number of esters is 2. The quantitative estimate of drug-likeness (QED) is 0.464. The highest BCUT2D eigenvalue weighted by Gasteiger charge is 2.31. The van der Waals surface area contributed by atoms with Gasteiger partial charge in [-0.15, -0.1) is 0 Å². The van der Waals surface area contributed by atoms with Crippen LogP contribution in [0.15, 0.2) is 0 Å². The van der Waals surface area contributed by atoms with E-state index >= 15 is 0 Å². The predicted molar refractivity (Wildman–Crippen MR) is 77.1 cm³/mol. The van der Waals surface area contributed by atoms with Crippen LogP contribution in [0.1, 0.15) is 25.7 Å². The Kier molecular flexibility index (Phi) is 9.77. The monoisotopic (exact) mass is 318 g/mol. The molecule has 0 aromatic rings. The summed E-state index contributed by atoms with van der Waals surface area (Å²) < 4.78 is 20.1. The van der Waals surface area contributed by atoms with Crippen molar-refractivity contribution in [2.24, 2.45) is 11.8 Å². The standard InChI is InChI=1S/C15H26O7/c1-19-8-10-21-14(17)12-2-4-13(5-3-12)15(18)22-11-9-20-7-6-16/h12-13,16H,2-11H2,1H3. The lowest BCUT2D eigenvalue weighted by atomic mass is 9.82. The summed E-state index contributed by atoms with van der Waals surface area (Å²) in [5, 5.41) is 8.54. The van der Waals surface area contributed by atoms with E-state index in [2.05, 4.69) is 0 Å². The maximum Gasteiger partial charge on any atom is 0.309 e. The summed E-state index contributed by atoms with van der Waals surface area (Å²) in [4.78, 5) is 23.6. The number of aliphatic hydroxyl groups is 1. The molecular weight excluding hydrogens is 292 g/mol. The predicted octanol–water partition coefficient (Wildman–Crippen LogP) is 0.535. The van der Waals surface area contributed by atoms with Crippen molar-refractivity contribution >= 4 is 11.9 Å². The first-order chi connectivity index (χ1) is 10.7. The van der Waals surface area contributed by atoms with Crippen molar-refractivity contribution in [1.82, 2.24) is 0 Å². The van der Waals surface area contributed by atoms with Gasteiger partial charge in [-0.3, -0.25) is 9.59 Å². The van der Waals surface area contributed by atoms with Crippen LogP contribution in [-0.4, -0.2) is 63.8 Å². The van der Waals surface area contributed by atoms with Gasteiger partial charge in [-0.2, -0.15) is 0 Å². The average molecular weight is 318 g/mol. The largest absolute Gasteiger partial charge is 0.463 e. The summed E-state index contributed by atoms with van der Waals surface area (Å²) >= 11 is 0. The van der Waals surface area contributed by atoms with Crippen LogP contribution in [0.5, 0.6) is 0 Å². The molecule has 1 aliphatic carbocycles. The minimum Gasteiger partial charge on any atom is -0.463 e. The van der Waals surface area contributed by atoms with Crippen molar-refractivity contribution in [1.29, 1.82) is 0 Å². The number of rotatable bonds is 10. The van der Waals surface area contributed by atoms with E-state index < -0.39 is 0 Å². The Bertz CT molecular complexity index is 324. The van der Waals surface area contributed by atoms with Crippen LogP contribution >= 0.6 is 0 Å². The third-order valence-corrected chi connectivity index (χ3v) is 3.63. The van der Waals surface area contributed by atoms with E-state index in [1.54, 1.807) is 7.11 Å². The number of hydrogen-bond donors (Lipinski definition) is 1. The second kappa shape index (κ2) is 11.4. The van der Waals surface area contributed by atoms with Crippen molar-refractivity contribution in [2.45, 2.75) is 25.7 Å². The molecule has 0 aliphatic heterocycles. The lowest BCUT2D eigenvalue weighted by Gasteiger charge is -2.25. The molecule has 0 atom stereocenters. The minimum absolute atomic E-state index is 0.0432. The van der Waals surface area contributed by atoms with Gasteiger partial charge in [0.1, 0.15) is 13.2 Å². The van der Waals surface area contributed by atoms with Gasteiger partial charge >= 0.3 is 11.9 Å². The molecule has 0 radical (unpaired) electrons. The van der Waals surface area contributed by atoms with E-state index in [0.717, 1.165) is 0 Å². The Balaban J connectivity index is 2.15. The van der Waals surface area contributed by atoms with Gasteiger partial charge in [0.25, 0.3) is 0 Å². The van der Waals surface area contributed by atoms with E-state index in [-0.39, 0.29) is 56.8 Å². The highest BCUT2D eigenvalue weighted by molar-refractivity contribution is 5.75. The Morgan fingerprint density at radius 3 is 1.82 bits per heavy atom. The smallest absolute Gasteiger partial charge is 0.309 e. The summed E-state index contributed by atoms with van der Waals surface area (Å²) in [6.07, 6.45) is 2.57. The molecule has 0 heterocycles. The number of methoxy groups -OCH3 is 1. The van der Waals surface area contributed by atoms with Crippen LogP contribution in [0, 0.1) is 11.8 Å². The van der Waals surface area contributed by atoms with Gasteiger partial charge in [-0.25, -0.2) is 0 Å². The van der Waals surface area contributed by atoms with Gasteiger partial charge in [0, 0.05) is 7.11 Å². The molecule has 1 N–H and O–H groups in total. The van der Waals surface area contributed by atoms with Crippen LogP contribution in [0.2, 0.25) is 0 Å². The Labute approximate surface area is 130 Å². The summed E-state index contributed by atoms with van der Waals surface area (Å²) in [6.45, 7) is 1.34. The van der Waals surface area contributed by atoms with E-state index in [0.29, 0.717) is 32.3 Å². The first-order valence-corrected chi connectivity index (χ1v) is 7.69. The normalized spacial score (nSPS) is 21.4. The van der Waals surface area contributed by atoms with Crippen molar-refractivity contribution in [3.05, 3.63) is 0 Å². The van der Waals surface area contributed by atoms with E-state index in [1.807, 2.05) is 0 Å². The van der Waals surface area contributed by atoms with E-state index in [9.17, 15) is 9.59 Å². The molecule has 7 heteroatoms. The average Bonchev–Trinajstić information content (AvgIpc) is 2.54. The Hall–Kier alpha value is -1.18. The van der Waals surface area contributed by atoms with E-state index in [1.165, 1.54) is 0 Å². The van der Waals surface area contributed by atoms with Crippen LogP contribution in [-0.2, 0) is 28.5 Å². The Morgan fingerprint density at radius 2 is 1.36 bits per heavy atom. The van der Waals surface area contributed by atoms with Crippen LogP contribution in [0.3, 0.4) is 0 Å². The first kappa shape index (κ1) is 18.9. The zero-order chi connectivity index (χ0) is 16.2. The second-order valence-electron chi connectivity index (χ2n) is 5.21. The summed E-state index contributed by atoms with van der Waals surface area (Å²) in [6, 6.07) is 0. The number of aliphatic hydroxyl groups excluding tert-OH is 1. The SMILES string of the molecule is COCCOC(=O)C1CCC(C(=O)OCCOCCO)CC1. The van der Waals surface area contributed by atoms with Crippen molar-refractivity contribution in [3.8, 4) is 0 Å². The molecule has 1 rings (SSSR count). The highest BCUT2D eigenvalue weighted by Crippen LogP contribution is 2.30. The van der Waals surface area contributed by atoms with Crippen LogP contribution < -0.4 is 0 Å². The molecular formula is C15H26O7. The molecule has 128 valence electrons. The third-order valence-electron chi connectivity index (χ3n) is 3.63. The molecule has 0 aromatic heterocycles. The maximum atomic E-state index is 11.9. The fourth-order valence-electron chi connectivity index (χ4n) is 2.39. The van der Waals surface area contributed by atoms with Gasteiger partial charge < -0.3 is 24.1 Å². The first-order valence-electron chi connectivity index (χ1n) is 7.69. The topological polar surface area (TPSA) is 91.3 Å². The molecule has 7 nitrogen and oxygen atoms in total. The molecule has 0 spiro atoms. The molecule has 1 fully saturated rings. The number of hydrogen-bond acceptors (Lipinski definition) is 7. The lowest BCUT2D eigenvalue weighted by Crippen LogP contribution is -2.29. The van der Waals surface area contributed by atoms with Gasteiger partial charge in [0.05, 0.1) is 38.3 Å². The molecule has 1 saturated carbocycles. The second-order valence-corrected chi connectivity index (χ2v) is 5.21. The Morgan fingerprint density at radius 1 is 0.864 bits per heavy atom. The summed E-state index contributed by atoms with van der Waals surface area (Å²) in [5.41, 5.74) is 0. The number of carbonyl (C=O) groups excluding carboxylic acids is 2. The number of ether oxygens (including phenoxy) is 4. The van der Waals surface area contributed by atoms with Crippen molar-refractivity contribution in [3.63, 3.8) is 0 Å². The maximum absolute atomic E-state index is 11.9. The molecule has 0 unspecified atom stereocenters. The molecule has 0 amide bonds. The van der Waals surface area contributed by atoms with Gasteiger partial charge in [0.15, 0.2) is 0 Å². The van der Waals surface area contributed by atoms with E-state index in [4.69, 9.17) is 24.1 Å². The third kappa shape index (κ3) is 7.20. The zero-order valence-corrected chi connectivity index (χ0v) is 13.1. The lowest BCUT2D eigenvalue weighted by molar-refractivity contribution is -0.156. The fraction of sp³-hybridized carbons (Fsp3) is 0.867. The van der Waals surface area contributed by atoms with Gasteiger partial charge in [-0.1, -0.05) is 0 Å². The minimum atomic E-state index is -0.237. The molecule has 22 heavy (non-hydrogen) atoms. The van der Waals surface area contributed by atoms with Gasteiger partial charge in [0.2, 0.25) is 0 Å². The van der Waals surface area contributed by atoms with Gasteiger partial charge in [-0.05, 0) is 25.7 Å². The van der Waals surface area contributed by atoms with Crippen molar-refractivity contribution in [2.75, 3.05) is 46.8 Å². The van der Waals surface area contributed by atoms with Crippen LogP contribution in [0.4, 0.5) is 0 Å². The molecule has 0 saturated heterocycles. The number of carbonyl (C=O) groups is 2. The van der Waals surface area contributed by atoms with Crippen molar-refractivity contribution < 1.29 is 33.6 Å². The summed E-state index contributed by atoms with van der Waals surface area (Å²) in [5.74, 6) is -0.727. The zero-order valence-electron chi connectivity index (χ0n) is 13.1. The highest BCUT2D eigenvalue weighted by atomic mass is 16.6. The summed E-state index contributed by atoms with van der Waals surface area (Å²) in [7, 11) is 1.56. The molecule has 0 bridgehead atoms.